The molecule has 1 heterocycles. The zero-order valence-electron chi connectivity index (χ0n) is 15.3. The van der Waals surface area contributed by atoms with Gasteiger partial charge in [0.2, 0.25) is 0 Å². The van der Waals surface area contributed by atoms with Crippen LogP contribution in [0.2, 0.25) is 0 Å². The molecule has 25 heavy (non-hydrogen) atoms. The lowest BCUT2D eigenvalue weighted by molar-refractivity contribution is -0.123. The van der Waals surface area contributed by atoms with Crippen LogP contribution in [0.5, 0.6) is 5.75 Å². The minimum atomic E-state index is -0.903. The van der Waals surface area contributed by atoms with Gasteiger partial charge in [0.25, 0.3) is 5.91 Å². The van der Waals surface area contributed by atoms with Crippen LogP contribution in [0.1, 0.15) is 35.6 Å². The van der Waals surface area contributed by atoms with Crippen molar-refractivity contribution >= 4 is 17.6 Å². The first-order valence-electron chi connectivity index (χ1n) is 8.20. The number of esters is 1. The van der Waals surface area contributed by atoms with Gasteiger partial charge >= 0.3 is 5.97 Å². The molecule has 2 rings (SSSR count). The summed E-state index contributed by atoms with van der Waals surface area (Å²) in [6.07, 6.45) is -0.903. The van der Waals surface area contributed by atoms with E-state index >= 15 is 0 Å². The topological polar surface area (TPSA) is 69.6 Å². The molecule has 0 aliphatic heterocycles. The van der Waals surface area contributed by atoms with E-state index in [0.717, 1.165) is 17.9 Å². The van der Waals surface area contributed by atoms with E-state index in [4.69, 9.17) is 9.47 Å². The summed E-state index contributed by atoms with van der Waals surface area (Å²) in [5, 5.41) is 2.72. The summed E-state index contributed by atoms with van der Waals surface area (Å²) in [5.41, 5.74) is 2.93. The largest absolute Gasteiger partial charge is 0.497 e. The normalized spacial score (nSPS) is 11.7. The van der Waals surface area contributed by atoms with Gasteiger partial charge in [0.1, 0.15) is 5.75 Å². The van der Waals surface area contributed by atoms with Crippen molar-refractivity contribution in [3.63, 3.8) is 0 Å². The number of nitrogens with one attached hydrogen (secondary N) is 1. The number of amides is 1. The lowest BCUT2D eigenvalue weighted by Gasteiger charge is -2.14. The van der Waals surface area contributed by atoms with E-state index in [-0.39, 0.29) is 5.91 Å². The third-order valence-corrected chi connectivity index (χ3v) is 4.12. The number of carbonyl (C=O) groups excluding carboxylic acids is 2. The number of methoxy groups -OCH3 is 1. The number of benzene rings is 1. The number of anilines is 1. The number of nitrogens with zero attached hydrogens (tertiary/aromatic N) is 1. The van der Waals surface area contributed by atoms with Crippen molar-refractivity contribution in [3.05, 3.63) is 47.3 Å². The van der Waals surface area contributed by atoms with Gasteiger partial charge in [0, 0.05) is 23.6 Å². The number of rotatable bonds is 6. The first-order valence-corrected chi connectivity index (χ1v) is 8.20. The number of aryl methyl sites for hydroxylation is 1. The molecule has 0 saturated carbocycles. The first kappa shape index (κ1) is 18.6. The van der Waals surface area contributed by atoms with Gasteiger partial charge in [-0.3, -0.25) is 4.79 Å². The Labute approximate surface area is 147 Å². The fraction of sp³-hybridized carbons (Fsp3) is 0.368. The van der Waals surface area contributed by atoms with Crippen LogP contribution < -0.4 is 10.1 Å². The van der Waals surface area contributed by atoms with Crippen molar-refractivity contribution in [2.45, 2.75) is 40.3 Å². The second kappa shape index (κ2) is 7.88. The number of aromatic nitrogens is 1. The second-order valence-corrected chi connectivity index (χ2v) is 5.79. The fourth-order valence-corrected chi connectivity index (χ4v) is 2.69. The molecule has 0 fully saturated rings. The molecule has 134 valence electrons. The quantitative estimate of drug-likeness (QED) is 0.816. The maximum Gasteiger partial charge on any atom is 0.340 e. The van der Waals surface area contributed by atoms with Crippen molar-refractivity contribution in [1.29, 1.82) is 0 Å². The van der Waals surface area contributed by atoms with Gasteiger partial charge in [-0.1, -0.05) is 0 Å². The molecule has 6 heteroatoms. The molecule has 1 N–H and O–H groups in total. The summed E-state index contributed by atoms with van der Waals surface area (Å²) < 4.78 is 12.4. The molecule has 6 nitrogen and oxygen atoms in total. The summed E-state index contributed by atoms with van der Waals surface area (Å²) >= 11 is 0. The van der Waals surface area contributed by atoms with E-state index in [1.165, 1.54) is 0 Å². The Bertz CT molecular complexity index is 762. The third kappa shape index (κ3) is 4.21. The van der Waals surface area contributed by atoms with Crippen molar-refractivity contribution in [1.82, 2.24) is 4.57 Å². The van der Waals surface area contributed by atoms with E-state index in [9.17, 15) is 9.59 Å². The van der Waals surface area contributed by atoms with E-state index in [2.05, 4.69) is 5.32 Å². The highest BCUT2D eigenvalue weighted by Gasteiger charge is 2.22. The summed E-state index contributed by atoms with van der Waals surface area (Å²) in [6.45, 7) is 8.15. The smallest absolute Gasteiger partial charge is 0.340 e. The molecule has 0 radical (unpaired) electrons. The van der Waals surface area contributed by atoms with Gasteiger partial charge in [-0.05, 0) is 58.0 Å². The number of hydrogen-bond acceptors (Lipinski definition) is 4. The first-order chi connectivity index (χ1) is 11.9. The lowest BCUT2D eigenvalue weighted by atomic mass is 10.2. The van der Waals surface area contributed by atoms with Gasteiger partial charge < -0.3 is 19.4 Å². The molecule has 1 amide bonds. The minimum absolute atomic E-state index is 0.386. The zero-order chi connectivity index (χ0) is 18.6. The van der Waals surface area contributed by atoms with Gasteiger partial charge in [0.15, 0.2) is 6.10 Å². The van der Waals surface area contributed by atoms with Crippen LogP contribution >= 0.6 is 0 Å². The molecule has 0 spiro atoms. The average Bonchev–Trinajstić information content (AvgIpc) is 2.89. The molecule has 0 bridgehead atoms. The SMILES string of the molecule is CCn1c(C)cc(C(=O)O[C@H](C)C(=O)Nc2ccc(OC)cc2)c1C. The van der Waals surface area contributed by atoms with Gasteiger partial charge in [-0.15, -0.1) is 0 Å². The average molecular weight is 344 g/mol. The second-order valence-electron chi connectivity index (χ2n) is 5.79. The van der Waals surface area contributed by atoms with Crippen LogP contribution in [-0.4, -0.2) is 29.7 Å². The molecule has 2 aromatic rings. The third-order valence-electron chi connectivity index (χ3n) is 4.12. The number of ether oxygens (including phenoxy) is 2. The van der Waals surface area contributed by atoms with Crippen LogP contribution in [0.15, 0.2) is 30.3 Å². The summed E-state index contributed by atoms with van der Waals surface area (Å²) in [5.74, 6) is -0.184. The van der Waals surface area contributed by atoms with E-state index in [1.807, 2.05) is 25.3 Å². The molecule has 0 unspecified atom stereocenters. The Morgan fingerprint density at radius 3 is 2.36 bits per heavy atom. The van der Waals surface area contributed by atoms with Crippen LogP contribution in [0, 0.1) is 13.8 Å². The van der Waals surface area contributed by atoms with Crippen LogP contribution in [0.3, 0.4) is 0 Å². The standard InChI is InChI=1S/C19H24N2O4/c1-6-21-12(2)11-17(13(21)3)19(23)25-14(4)18(22)20-15-7-9-16(24-5)10-8-15/h7-11,14H,6H2,1-5H3,(H,20,22)/t14-/m1/s1. The van der Waals surface area contributed by atoms with Gasteiger partial charge in [-0.2, -0.15) is 0 Å². The van der Waals surface area contributed by atoms with Crippen molar-refractivity contribution in [2.75, 3.05) is 12.4 Å². The maximum absolute atomic E-state index is 12.4. The van der Waals surface area contributed by atoms with E-state index in [1.54, 1.807) is 44.4 Å². The summed E-state index contributed by atoms with van der Waals surface area (Å²) in [4.78, 5) is 24.6. The zero-order valence-corrected chi connectivity index (χ0v) is 15.3. The highest BCUT2D eigenvalue weighted by atomic mass is 16.5. The molecule has 1 aromatic carbocycles. The molecule has 0 aliphatic rings. The van der Waals surface area contributed by atoms with Crippen molar-refractivity contribution in [2.24, 2.45) is 0 Å². The monoisotopic (exact) mass is 344 g/mol. The fourth-order valence-electron chi connectivity index (χ4n) is 2.69. The molecular weight excluding hydrogens is 320 g/mol. The molecular formula is C19H24N2O4. The highest BCUT2D eigenvalue weighted by Crippen LogP contribution is 2.18. The van der Waals surface area contributed by atoms with Gasteiger partial charge in [0.05, 0.1) is 12.7 Å². The highest BCUT2D eigenvalue weighted by molar-refractivity contribution is 5.97. The summed E-state index contributed by atoms with van der Waals surface area (Å²) in [7, 11) is 1.57. The van der Waals surface area contributed by atoms with E-state index in [0.29, 0.717) is 17.0 Å². The Kier molecular flexibility index (Phi) is 5.85. The van der Waals surface area contributed by atoms with Crippen LogP contribution in [0.25, 0.3) is 0 Å². The van der Waals surface area contributed by atoms with Crippen molar-refractivity contribution < 1.29 is 19.1 Å². The summed E-state index contributed by atoms with van der Waals surface area (Å²) in [6, 6.07) is 8.72. The Morgan fingerprint density at radius 2 is 1.84 bits per heavy atom. The minimum Gasteiger partial charge on any atom is -0.497 e. The molecule has 0 aliphatic carbocycles. The molecule has 0 saturated heterocycles. The molecule has 1 atom stereocenters. The van der Waals surface area contributed by atoms with Crippen LogP contribution in [-0.2, 0) is 16.1 Å². The Balaban J connectivity index is 2.01. The van der Waals surface area contributed by atoms with Crippen molar-refractivity contribution in [3.8, 4) is 5.75 Å². The molecule has 1 aromatic heterocycles. The van der Waals surface area contributed by atoms with Crippen LogP contribution in [0.4, 0.5) is 5.69 Å². The number of carbonyl (C=O) groups is 2. The lowest BCUT2D eigenvalue weighted by Crippen LogP contribution is -2.30. The predicted molar refractivity (Wildman–Crippen MR) is 96.1 cm³/mol. The maximum atomic E-state index is 12.4. The van der Waals surface area contributed by atoms with E-state index < -0.39 is 12.1 Å². The predicted octanol–water partition coefficient (Wildman–Crippen LogP) is 3.32. The number of hydrogen-bond donors (Lipinski definition) is 1. The Hall–Kier alpha value is -2.76. The van der Waals surface area contributed by atoms with Gasteiger partial charge in [-0.25, -0.2) is 4.79 Å². The Morgan fingerprint density at radius 1 is 1.20 bits per heavy atom.